The first-order chi connectivity index (χ1) is 11.9. The van der Waals surface area contributed by atoms with Crippen LogP contribution in [0.3, 0.4) is 0 Å². The number of thiophene rings is 1. The van der Waals surface area contributed by atoms with E-state index in [9.17, 15) is 18.3 Å². The summed E-state index contributed by atoms with van der Waals surface area (Å²) < 4.78 is 26.8. The van der Waals surface area contributed by atoms with E-state index in [0.717, 1.165) is 24.2 Å². The number of benzene rings is 1. The predicted octanol–water partition coefficient (Wildman–Crippen LogP) is 3.81. The Hall–Kier alpha value is -1.67. The van der Waals surface area contributed by atoms with Crippen molar-refractivity contribution in [3.8, 4) is 0 Å². The van der Waals surface area contributed by atoms with Crippen LogP contribution in [0, 0.1) is 0 Å². The van der Waals surface area contributed by atoms with Gasteiger partial charge in [-0.05, 0) is 48.7 Å². The number of carboxylic acid groups (broad SMARTS) is 1. The number of sulfonamides is 1. The van der Waals surface area contributed by atoms with Gasteiger partial charge in [-0.25, -0.2) is 13.2 Å². The molecule has 0 unspecified atom stereocenters. The number of aliphatic carboxylic acids is 1. The number of carboxylic acids is 1. The van der Waals surface area contributed by atoms with Crippen molar-refractivity contribution in [3.05, 3.63) is 51.9 Å². The van der Waals surface area contributed by atoms with Gasteiger partial charge in [-0.3, -0.25) is 0 Å². The molecule has 132 valence electrons. The third-order valence-corrected chi connectivity index (χ3v) is 7.65. The van der Waals surface area contributed by atoms with Crippen LogP contribution in [0.5, 0.6) is 0 Å². The molecule has 25 heavy (non-hydrogen) atoms. The molecule has 1 fully saturated rings. The van der Waals surface area contributed by atoms with E-state index >= 15 is 0 Å². The average Bonchev–Trinajstić information content (AvgIpc) is 3.26. The van der Waals surface area contributed by atoms with E-state index in [1.165, 1.54) is 16.4 Å². The van der Waals surface area contributed by atoms with Gasteiger partial charge in [0.1, 0.15) is 4.21 Å². The number of rotatable bonds is 5. The fourth-order valence-corrected chi connectivity index (χ4v) is 5.73. The molecule has 0 amide bonds. The molecular formula is C17H16ClNO4S2. The Kier molecular flexibility index (Phi) is 5.29. The summed E-state index contributed by atoms with van der Waals surface area (Å²) in [5, 5.41) is 10.1. The SMILES string of the molecule is O=C(O)/C(=C/c1ccc(Cl)cc1)c1ccc(S(=O)(=O)N2CCCC2)s1. The summed E-state index contributed by atoms with van der Waals surface area (Å²) in [5.74, 6) is -1.11. The highest BCUT2D eigenvalue weighted by molar-refractivity contribution is 7.91. The molecule has 3 rings (SSSR count). The lowest BCUT2D eigenvalue weighted by molar-refractivity contribution is -0.130. The molecule has 5 nitrogen and oxygen atoms in total. The van der Waals surface area contributed by atoms with Gasteiger partial charge in [-0.1, -0.05) is 23.7 Å². The zero-order valence-electron chi connectivity index (χ0n) is 13.2. The van der Waals surface area contributed by atoms with E-state index in [2.05, 4.69) is 0 Å². The number of hydrogen-bond acceptors (Lipinski definition) is 4. The van der Waals surface area contributed by atoms with Gasteiger partial charge in [0.05, 0.1) is 5.57 Å². The molecule has 8 heteroatoms. The molecule has 1 aromatic carbocycles. The first-order valence-electron chi connectivity index (χ1n) is 7.69. The van der Waals surface area contributed by atoms with E-state index in [1.54, 1.807) is 30.3 Å². The molecule has 0 saturated carbocycles. The van der Waals surface area contributed by atoms with Crippen LogP contribution in [0.25, 0.3) is 11.6 Å². The quantitative estimate of drug-likeness (QED) is 0.778. The molecule has 2 aromatic rings. The van der Waals surface area contributed by atoms with Gasteiger partial charge in [-0.15, -0.1) is 11.3 Å². The molecule has 1 aromatic heterocycles. The van der Waals surface area contributed by atoms with Crippen LogP contribution in [0.1, 0.15) is 23.3 Å². The lowest BCUT2D eigenvalue weighted by atomic mass is 10.1. The normalized spacial score (nSPS) is 16.3. The summed E-state index contributed by atoms with van der Waals surface area (Å²) in [6.45, 7) is 1.03. The maximum atomic E-state index is 12.6. The second-order valence-electron chi connectivity index (χ2n) is 5.64. The first kappa shape index (κ1) is 18.1. The zero-order valence-corrected chi connectivity index (χ0v) is 15.6. The van der Waals surface area contributed by atoms with Crippen molar-refractivity contribution >= 4 is 50.6 Å². The summed E-state index contributed by atoms with van der Waals surface area (Å²) in [6.07, 6.45) is 3.22. The average molecular weight is 398 g/mol. The Bertz CT molecular complexity index is 910. The number of halogens is 1. The lowest BCUT2D eigenvalue weighted by Crippen LogP contribution is -2.27. The Morgan fingerprint density at radius 1 is 1.12 bits per heavy atom. The van der Waals surface area contributed by atoms with Crippen LogP contribution in [0.2, 0.25) is 5.02 Å². The minimum absolute atomic E-state index is 0.0511. The van der Waals surface area contributed by atoms with Gasteiger partial charge < -0.3 is 5.11 Å². The molecule has 0 radical (unpaired) electrons. The molecule has 2 heterocycles. The highest BCUT2D eigenvalue weighted by Crippen LogP contribution is 2.32. The maximum Gasteiger partial charge on any atom is 0.337 e. The van der Waals surface area contributed by atoms with Crippen molar-refractivity contribution in [2.45, 2.75) is 17.1 Å². The van der Waals surface area contributed by atoms with Gasteiger partial charge in [-0.2, -0.15) is 4.31 Å². The molecule has 0 bridgehead atoms. The second-order valence-corrected chi connectivity index (χ2v) is 9.33. The third-order valence-electron chi connectivity index (χ3n) is 3.92. The van der Waals surface area contributed by atoms with Crippen LogP contribution in [0.4, 0.5) is 0 Å². The maximum absolute atomic E-state index is 12.6. The van der Waals surface area contributed by atoms with Crippen molar-refractivity contribution in [1.29, 1.82) is 0 Å². The fraction of sp³-hybridized carbons (Fsp3) is 0.235. The third kappa shape index (κ3) is 3.95. The number of carbonyl (C=O) groups is 1. The van der Waals surface area contributed by atoms with Crippen molar-refractivity contribution in [1.82, 2.24) is 4.31 Å². The van der Waals surface area contributed by atoms with Crippen molar-refractivity contribution in [3.63, 3.8) is 0 Å². The first-order valence-corrected chi connectivity index (χ1v) is 10.3. The minimum Gasteiger partial charge on any atom is -0.478 e. The second kappa shape index (κ2) is 7.29. The summed E-state index contributed by atoms with van der Waals surface area (Å²) in [5.41, 5.74) is 0.731. The van der Waals surface area contributed by atoms with Crippen molar-refractivity contribution in [2.24, 2.45) is 0 Å². The van der Waals surface area contributed by atoms with E-state index in [1.807, 2.05) is 0 Å². The van der Waals surface area contributed by atoms with Crippen LogP contribution < -0.4 is 0 Å². The van der Waals surface area contributed by atoms with E-state index in [0.29, 0.717) is 28.6 Å². The summed E-state index contributed by atoms with van der Waals surface area (Å²) in [7, 11) is -3.54. The Morgan fingerprint density at radius 2 is 1.76 bits per heavy atom. The lowest BCUT2D eigenvalue weighted by Gasteiger charge is -2.13. The monoisotopic (exact) mass is 397 g/mol. The molecule has 1 N–H and O–H groups in total. The molecule has 1 aliphatic rings. The smallest absolute Gasteiger partial charge is 0.337 e. The van der Waals surface area contributed by atoms with Crippen molar-refractivity contribution < 1.29 is 18.3 Å². The Morgan fingerprint density at radius 3 is 2.36 bits per heavy atom. The predicted molar refractivity (Wildman–Crippen MR) is 99.3 cm³/mol. The number of nitrogens with zero attached hydrogens (tertiary/aromatic N) is 1. The summed E-state index contributed by atoms with van der Waals surface area (Å²) in [6, 6.07) is 9.78. The largest absolute Gasteiger partial charge is 0.478 e. The topological polar surface area (TPSA) is 74.7 Å². The Labute approximate surface area is 155 Å². The fourth-order valence-electron chi connectivity index (χ4n) is 2.62. The number of hydrogen-bond donors (Lipinski definition) is 1. The molecular weight excluding hydrogens is 382 g/mol. The molecule has 0 aliphatic carbocycles. The van der Waals surface area contributed by atoms with Gasteiger partial charge in [0.15, 0.2) is 0 Å². The molecule has 0 atom stereocenters. The summed E-state index contributed by atoms with van der Waals surface area (Å²) in [4.78, 5) is 12.0. The van der Waals surface area contributed by atoms with Crippen LogP contribution in [-0.4, -0.2) is 36.9 Å². The van der Waals surface area contributed by atoms with Crippen molar-refractivity contribution in [2.75, 3.05) is 13.1 Å². The molecule has 1 aliphatic heterocycles. The van der Waals surface area contributed by atoms with E-state index in [4.69, 9.17) is 11.6 Å². The summed E-state index contributed by atoms with van der Waals surface area (Å²) >= 11 is 6.82. The van der Waals surface area contributed by atoms with E-state index in [-0.39, 0.29) is 9.78 Å². The van der Waals surface area contributed by atoms with Crippen LogP contribution in [-0.2, 0) is 14.8 Å². The van der Waals surface area contributed by atoms with Crippen LogP contribution >= 0.6 is 22.9 Å². The highest BCUT2D eigenvalue weighted by Gasteiger charge is 2.29. The van der Waals surface area contributed by atoms with Gasteiger partial charge in [0.25, 0.3) is 10.0 Å². The van der Waals surface area contributed by atoms with Gasteiger partial charge in [0, 0.05) is 23.0 Å². The van der Waals surface area contributed by atoms with Gasteiger partial charge in [0.2, 0.25) is 0 Å². The molecule has 0 spiro atoms. The standard InChI is InChI=1S/C17H16ClNO4S2/c18-13-5-3-12(4-6-13)11-14(17(20)21)15-7-8-16(24-15)25(22,23)19-9-1-2-10-19/h3-8,11H,1-2,9-10H2,(H,20,21)/b14-11+. The minimum atomic E-state index is -3.54. The van der Waals surface area contributed by atoms with Crippen LogP contribution in [0.15, 0.2) is 40.6 Å². The van der Waals surface area contributed by atoms with Gasteiger partial charge >= 0.3 is 5.97 Å². The highest BCUT2D eigenvalue weighted by atomic mass is 35.5. The van der Waals surface area contributed by atoms with E-state index < -0.39 is 16.0 Å². The zero-order chi connectivity index (χ0) is 18.0. The molecule has 1 saturated heterocycles. The Balaban J connectivity index is 1.95.